The summed E-state index contributed by atoms with van der Waals surface area (Å²) in [7, 11) is 1.43. The van der Waals surface area contributed by atoms with Crippen LogP contribution in [0.3, 0.4) is 0 Å². The minimum absolute atomic E-state index is 0.0116. The van der Waals surface area contributed by atoms with Gasteiger partial charge in [-0.15, -0.1) is 0 Å². The molecule has 0 spiro atoms. The zero-order valence-electron chi connectivity index (χ0n) is 17.8. The third-order valence-corrected chi connectivity index (χ3v) is 8.18. The first kappa shape index (κ1) is 19.8. The van der Waals surface area contributed by atoms with Crippen LogP contribution in [0.4, 0.5) is 0 Å². The highest BCUT2D eigenvalue weighted by Gasteiger charge is 2.59. The van der Waals surface area contributed by atoms with E-state index in [-0.39, 0.29) is 23.2 Å². The van der Waals surface area contributed by atoms with Gasteiger partial charge >= 0.3 is 5.97 Å². The molecule has 2 aromatic rings. The number of esters is 1. The van der Waals surface area contributed by atoms with Gasteiger partial charge in [-0.1, -0.05) is 0 Å². The maximum Gasteiger partial charge on any atom is 0.305 e. The number of H-pyrrole nitrogens is 1. The number of hydrogen-bond donors (Lipinski definition) is 2. The molecule has 1 heterocycles. The van der Waals surface area contributed by atoms with Gasteiger partial charge in [-0.25, -0.2) is 0 Å². The number of benzene rings is 1. The molecule has 4 saturated carbocycles. The van der Waals surface area contributed by atoms with Gasteiger partial charge in [-0.2, -0.15) is 0 Å². The minimum Gasteiger partial charge on any atom is -0.469 e. The molecule has 4 bridgehead atoms. The van der Waals surface area contributed by atoms with Crippen LogP contribution in [0.15, 0.2) is 24.4 Å². The lowest BCUT2D eigenvalue weighted by atomic mass is 9.46. The quantitative estimate of drug-likeness (QED) is 0.404. The number of ketones is 1. The Morgan fingerprint density at radius 3 is 2.67 bits per heavy atom. The zero-order chi connectivity index (χ0) is 20.9. The Labute approximate surface area is 177 Å². The number of methoxy groups -OCH3 is 1. The minimum atomic E-state index is -0.348. The van der Waals surface area contributed by atoms with E-state index < -0.39 is 0 Å². The molecule has 0 saturated heterocycles. The number of aromatic amines is 1. The predicted octanol–water partition coefficient (Wildman–Crippen LogP) is 4.39. The van der Waals surface area contributed by atoms with Crippen molar-refractivity contribution in [1.29, 1.82) is 0 Å². The fraction of sp³-hybridized carbons (Fsp3) is 0.600. The van der Waals surface area contributed by atoms with Gasteiger partial charge in [0, 0.05) is 40.5 Å². The molecule has 5 heteroatoms. The van der Waals surface area contributed by atoms with Crippen molar-refractivity contribution in [2.45, 2.75) is 63.8 Å². The molecule has 0 amide bonds. The Kier molecular flexibility index (Phi) is 4.97. The molecule has 4 aliphatic carbocycles. The maximum absolute atomic E-state index is 13.8. The number of unbranched alkanes of at least 4 members (excludes halogenated alkanes) is 1. The van der Waals surface area contributed by atoms with Gasteiger partial charge in [0.1, 0.15) is 0 Å². The second kappa shape index (κ2) is 7.52. The number of fused-ring (bicyclic) bond motifs is 1. The molecule has 5 nitrogen and oxygen atoms in total. The fourth-order valence-corrected chi connectivity index (χ4v) is 6.92. The number of rotatable bonds is 7. The SMILES string of the molecule is COC(=O)CCCCc1c[nH]c2ccc(C(=O)C34CC5CC(CC(C5)C3N)C4)cc12. The summed E-state index contributed by atoms with van der Waals surface area (Å²) in [5.74, 6) is 2.02. The van der Waals surface area contributed by atoms with Crippen molar-refractivity contribution < 1.29 is 14.3 Å². The van der Waals surface area contributed by atoms with Crippen LogP contribution >= 0.6 is 0 Å². The third-order valence-electron chi connectivity index (χ3n) is 8.18. The van der Waals surface area contributed by atoms with Crippen molar-refractivity contribution >= 4 is 22.7 Å². The zero-order valence-corrected chi connectivity index (χ0v) is 17.8. The van der Waals surface area contributed by atoms with E-state index in [1.165, 1.54) is 31.9 Å². The highest BCUT2D eigenvalue weighted by atomic mass is 16.5. The van der Waals surface area contributed by atoms with Gasteiger partial charge < -0.3 is 15.5 Å². The van der Waals surface area contributed by atoms with Crippen LogP contribution in [0, 0.1) is 23.2 Å². The van der Waals surface area contributed by atoms with E-state index in [1.54, 1.807) is 0 Å². The number of nitrogens with one attached hydrogen (secondary N) is 1. The van der Waals surface area contributed by atoms with Gasteiger partial charge in [-0.05, 0) is 92.9 Å². The number of nitrogens with two attached hydrogens (primary N) is 1. The molecule has 4 aliphatic rings. The number of Topliss-reactive ketones (excluding diaryl/α,β-unsaturated/α-hetero) is 1. The average Bonchev–Trinajstić information content (AvgIpc) is 3.15. The summed E-state index contributed by atoms with van der Waals surface area (Å²) in [4.78, 5) is 28.5. The Morgan fingerprint density at radius 2 is 1.93 bits per heavy atom. The van der Waals surface area contributed by atoms with Crippen molar-refractivity contribution in [3.05, 3.63) is 35.5 Å². The monoisotopic (exact) mass is 408 g/mol. The van der Waals surface area contributed by atoms with E-state index in [9.17, 15) is 9.59 Å². The first-order valence-corrected chi connectivity index (χ1v) is 11.5. The van der Waals surface area contributed by atoms with Crippen LogP contribution < -0.4 is 5.73 Å². The second-order valence-corrected chi connectivity index (χ2v) is 9.98. The van der Waals surface area contributed by atoms with Crippen LogP contribution in [-0.2, 0) is 16.0 Å². The van der Waals surface area contributed by atoms with Gasteiger partial charge in [0.2, 0.25) is 0 Å². The van der Waals surface area contributed by atoms with Crippen LogP contribution in [-0.4, -0.2) is 29.9 Å². The number of aromatic nitrogens is 1. The standard InChI is InChI=1S/C25H32N2O3/c1-30-22(28)5-3-2-4-18-14-27-21-7-6-17(11-20(18)21)24(29)25-12-15-8-16(13-25)10-19(9-15)23(25)26/h6-7,11,14-16,19,23,27H,2-5,8-10,12-13,26H2,1H3. The average molecular weight is 409 g/mol. The molecule has 0 aliphatic heterocycles. The summed E-state index contributed by atoms with van der Waals surface area (Å²) in [6.45, 7) is 0. The summed E-state index contributed by atoms with van der Waals surface area (Å²) in [5.41, 5.74) is 9.45. The maximum atomic E-state index is 13.8. The number of aryl methyl sites for hydroxylation is 1. The Balaban J connectivity index is 1.37. The van der Waals surface area contributed by atoms with Gasteiger partial charge in [0.15, 0.2) is 5.78 Å². The molecule has 160 valence electrons. The lowest BCUT2D eigenvalue weighted by Crippen LogP contribution is -2.62. The van der Waals surface area contributed by atoms with E-state index in [0.29, 0.717) is 24.2 Å². The lowest BCUT2D eigenvalue weighted by molar-refractivity contribution is -0.140. The van der Waals surface area contributed by atoms with Crippen LogP contribution in [0.5, 0.6) is 0 Å². The largest absolute Gasteiger partial charge is 0.469 e. The fourth-order valence-electron chi connectivity index (χ4n) is 6.92. The van der Waals surface area contributed by atoms with E-state index in [1.807, 2.05) is 18.3 Å². The molecule has 4 fully saturated rings. The normalized spacial score (nSPS) is 31.9. The molecule has 3 N–H and O–H groups in total. The molecular weight excluding hydrogens is 376 g/mol. The Hall–Kier alpha value is -2.14. The predicted molar refractivity (Wildman–Crippen MR) is 116 cm³/mol. The smallest absolute Gasteiger partial charge is 0.305 e. The molecular formula is C25H32N2O3. The van der Waals surface area contributed by atoms with Crippen molar-refractivity contribution in [3.8, 4) is 0 Å². The van der Waals surface area contributed by atoms with Crippen molar-refractivity contribution in [1.82, 2.24) is 4.98 Å². The number of hydrogen-bond acceptors (Lipinski definition) is 4. The number of carbonyl (C=O) groups excluding carboxylic acids is 2. The molecule has 1 aromatic carbocycles. The molecule has 1 aromatic heterocycles. The Morgan fingerprint density at radius 1 is 1.17 bits per heavy atom. The van der Waals surface area contributed by atoms with Gasteiger partial charge in [0.05, 0.1) is 7.11 Å². The number of carbonyl (C=O) groups is 2. The lowest BCUT2D eigenvalue weighted by Gasteiger charge is -2.59. The molecule has 6 rings (SSSR count). The highest BCUT2D eigenvalue weighted by Crippen LogP contribution is 2.60. The van der Waals surface area contributed by atoms with Gasteiger partial charge in [0.25, 0.3) is 0 Å². The van der Waals surface area contributed by atoms with Gasteiger partial charge in [-0.3, -0.25) is 9.59 Å². The van der Waals surface area contributed by atoms with Crippen molar-refractivity contribution in [2.75, 3.05) is 7.11 Å². The molecule has 0 radical (unpaired) electrons. The summed E-state index contributed by atoms with van der Waals surface area (Å²) >= 11 is 0. The van der Waals surface area contributed by atoms with Crippen molar-refractivity contribution in [3.63, 3.8) is 0 Å². The van der Waals surface area contributed by atoms with Crippen molar-refractivity contribution in [2.24, 2.45) is 28.9 Å². The molecule has 30 heavy (non-hydrogen) atoms. The summed E-state index contributed by atoms with van der Waals surface area (Å²) in [5, 5.41) is 1.12. The van der Waals surface area contributed by atoms with Crippen LogP contribution in [0.2, 0.25) is 0 Å². The Bertz CT molecular complexity index is 964. The van der Waals surface area contributed by atoms with E-state index in [0.717, 1.165) is 48.6 Å². The van der Waals surface area contributed by atoms with Crippen LogP contribution in [0.25, 0.3) is 10.9 Å². The summed E-state index contributed by atoms with van der Waals surface area (Å²) < 4.78 is 4.72. The highest BCUT2D eigenvalue weighted by molar-refractivity contribution is 6.04. The van der Waals surface area contributed by atoms with E-state index >= 15 is 0 Å². The molecule has 3 unspecified atom stereocenters. The summed E-state index contributed by atoms with van der Waals surface area (Å²) in [6, 6.07) is 6.10. The first-order chi connectivity index (χ1) is 14.5. The van der Waals surface area contributed by atoms with E-state index in [4.69, 9.17) is 10.5 Å². The molecule has 3 atom stereocenters. The third kappa shape index (κ3) is 3.18. The topological polar surface area (TPSA) is 85.2 Å². The van der Waals surface area contributed by atoms with Crippen LogP contribution in [0.1, 0.15) is 67.3 Å². The number of ether oxygens (including phenoxy) is 1. The first-order valence-electron chi connectivity index (χ1n) is 11.5. The van der Waals surface area contributed by atoms with E-state index in [2.05, 4.69) is 11.1 Å². The summed E-state index contributed by atoms with van der Waals surface area (Å²) in [6.07, 6.45) is 10.8. The second-order valence-electron chi connectivity index (χ2n) is 9.98.